The third-order valence-corrected chi connectivity index (χ3v) is 11.2. The molecule has 8 aromatic rings. The molecule has 0 amide bonds. The number of para-hydroxylation sites is 1. The molecule has 3 aromatic heterocycles. The fourth-order valence-electron chi connectivity index (χ4n) is 8.25. The van der Waals surface area contributed by atoms with Crippen molar-refractivity contribution < 1.29 is 9.30 Å². The molecule has 0 saturated carbocycles. The highest BCUT2D eigenvalue weighted by Gasteiger charge is 2.34. The molecule has 5 nitrogen and oxygen atoms in total. The lowest BCUT2D eigenvalue weighted by molar-refractivity contribution is -0.611. The molecule has 59 heavy (non-hydrogen) atoms. The van der Waals surface area contributed by atoms with Crippen LogP contribution in [-0.2, 0) is 21.7 Å². The molecule has 0 spiro atoms. The predicted molar refractivity (Wildman–Crippen MR) is 245 cm³/mol. The third-order valence-electron chi connectivity index (χ3n) is 11.2. The maximum Gasteiger partial charge on any atom is 0.269 e. The number of rotatable bonds is 6. The standard InChI is InChI=1S/C54H58N4O/c1-51(2,3)38-21-18-22-40(31-38)56-35-57(50(54(10,11)12)49(56)53(7,8)9)41-29-37(36-19-14-13-15-20-36)30-43(33-41)59-42-25-26-45-44-23-16-17-24-46(44)58(47(45)34-42)48-32-39(27-28-55-48)52(4,5)6/h13-34H,1-12H3. The molecule has 0 atom stereocenters. The van der Waals surface area contributed by atoms with E-state index in [4.69, 9.17) is 9.72 Å². The lowest BCUT2D eigenvalue weighted by atomic mass is 9.81. The number of fused-ring (bicyclic) bond motifs is 3. The van der Waals surface area contributed by atoms with E-state index in [0.29, 0.717) is 0 Å². The van der Waals surface area contributed by atoms with Gasteiger partial charge < -0.3 is 4.74 Å². The Morgan fingerprint density at radius 2 is 1.20 bits per heavy atom. The van der Waals surface area contributed by atoms with Crippen LogP contribution < -0.4 is 9.30 Å². The molecule has 0 radical (unpaired) electrons. The molecule has 8 rings (SSSR count). The van der Waals surface area contributed by atoms with E-state index >= 15 is 0 Å². The van der Waals surface area contributed by atoms with Gasteiger partial charge in [0.25, 0.3) is 6.33 Å². The average molecular weight is 779 g/mol. The minimum atomic E-state index is -0.216. The van der Waals surface area contributed by atoms with Crippen molar-refractivity contribution in [2.75, 3.05) is 0 Å². The van der Waals surface area contributed by atoms with Crippen LogP contribution in [0.4, 0.5) is 0 Å². The SMILES string of the molecule is CC(C)(C)c1cccc(-[n+]2[c-]n(-c3cc(Oc4ccc5c6ccccc6n(-c6cc(C(C)(C)C)ccn6)c5c4)cc(-c4ccccc4)c3)c(C(C)(C)C)c2C(C)(C)C)c1. The first-order valence-corrected chi connectivity index (χ1v) is 20.9. The van der Waals surface area contributed by atoms with Crippen LogP contribution in [0.3, 0.4) is 0 Å². The molecule has 0 aliphatic heterocycles. The van der Waals surface area contributed by atoms with E-state index in [-0.39, 0.29) is 21.7 Å². The molecule has 0 aliphatic rings. The molecule has 300 valence electrons. The fourth-order valence-corrected chi connectivity index (χ4v) is 8.25. The highest BCUT2D eigenvalue weighted by atomic mass is 16.5. The van der Waals surface area contributed by atoms with Gasteiger partial charge in [-0.15, -0.1) is 0 Å². The van der Waals surface area contributed by atoms with E-state index in [2.05, 4.69) is 231 Å². The van der Waals surface area contributed by atoms with Crippen molar-refractivity contribution in [3.63, 3.8) is 0 Å². The Bertz CT molecular complexity index is 2830. The van der Waals surface area contributed by atoms with Crippen molar-refractivity contribution in [2.24, 2.45) is 0 Å². The third kappa shape index (κ3) is 7.71. The van der Waals surface area contributed by atoms with Gasteiger partial charge in [-0.25, -0.2) is 4.98 Å². The van der Waals surface area contributed by atoms with Crippen molar-refractivity contribution >= 4 is 21.8 Å². The second kappa shape index (κ2) is 14.4. The van der Waals surface area contributed by atoms with Crippen LogP contribution in [0, 0.1) is 6.33 Å². The van der Waals surface area contributed by atoms with Crippen LogP contribution in [0.2, 0.25) is 0 Å². The highest BCUT2D eigenvalue weighted by molar-refractivity contribution is 6.09. The van der Waals surface area contributed by atoms with Crippen LogP contribution in [0.5, 0.6) is 11.5 Å². The summed E-state index contributed by atoms with van der Waals surface area (Å²) in [4.78, 5) is 4.91. The van der Waals surface area contributed by atoms with E-state index < -0.39 is 0 Å². The molecule has 0 aliphatic carbocycles. The predicted octanol–water partition coefficient (Wildman–Crippen LogP) is 13.7. The lowest BCUT2D eigenvalue weighted by Gasteiger charge is -2.30. The summed E-state index contributed by atoms with van der Waals surface area (Å²) in [7, 11) is 0. The van der Waals surface area contributed by atoms with Gasteiger partial charge in [-0.05, 0) is 105 Å². The van der Waals surface area contributed by atoms with Gasteiger partial charge >= 0.3 is 0 Å². The maximum atomic E-state index is 6.98. The molecule has 0 bridgehead atoms. The maximum absolute atomic E-state index is 6.98. The Labute approximate surface area is 351 Å². The number of nitrogens with zero attached hydrogens (tertiary/aromatic N) is 4. The Hall–Kier alpha value is -5.94. The highest BCUT2D eigenvalue weighted by Crippen LogP contribution is 2.40. The van der Waals surface area contributed by atoms with Crippen LogP contribution in [0.1, 0.15) is 106 Å². The average Bonchev–Trinajstić information content (AvgIpc) is 3.76. The van der Waals surface area contributed by atoms with E-state index in [1.807, 2.05) is 6.20 Å². The Kier molecular flexibility index (Phi) is 9.74. The fraction of sp³-hybridized carbons (Fsp3) is 0.296. The van der Waals surface area contributed by atoms with Gasteiger partial charge in [0.2, 0.25) is 0 Å². The number of pyridine rings is 1. The second-order valence-electron chi connectivity index (χ2n) is 20.1. The molecule has 5 heteroatoms. The van der Waals surface area contributed by atoms with E-state index in [9.17, 15) is 0 Å². The summed E-state index contributed by atoms with van der Waals surface area (Å²) in [5.74, 6) is 2.39. The number of hydrogen-bond donors (Lipinski definition) is 0. The molecule has 0 unspecified atom stereocenters. The van der Waals surface area contributed by atoms with Crippen molar-refractivity contribution in [2.45, 2.75) is 105 Å². The van der Waals surface area contributed by atoms with E-state index in [0.717, 1.165) is 56.2 Å². The minimum absolute atomic E-state index is 0.00843. The van der Waals surface area contributed by atoms with E-state index in [1.54, 1.807) is 0 Å². The summed E-state index contributed by atoms with van der Waals surface area (Å²) >= 11 is 0. The molecular formula is C54H58N4O. The van der Waals surface area contributed by atoms with Crippen molar-refractivity contribution in [3.8, 4) is 39.8 Å². The van der Waals surface area contributed by atoms with Crippen molar-refractivity contribution in [1.29, 1.82) is 0 Å². The summed E-state index contributed by atoms with van der Waals surface area (Å²) in [6.07, 6.45) is 5.82. The van der Waals surface area contributed by atoms with Gasteiger partial charge in [-0.2, -0.15) is 0 Å². The molecule has 0 fully saturated rings. The molecule has 5 aromatic carbocycles. The smallest absolute Gasteiger partial charge is 0.269 e. The number of imidazole rings is 1. The molecule has 3 heterocycles. The van der Waals surface area contributed by atoms with Gasteiger partial charge in [-0.1, -0.05) is 144 Å². The largest absolute Gasteiger partial charge is 0.458 e. The summed E-state index contributed by atoms with van der Waals surface area (Å²) < 4.78 is 13.8. The minimum Gasteiger partial charge on any atom is -0.458 e. The zero-order valence-electron chi connectivity index (χ0n) is 36.9. The van der Waals surface area contributed by atoms with Gasteiger partial charge in [0.1, 0.15) is 17.3 Å². The summed E-state index contributed by atoms with van der Waals surface area (Å²) in [6, 6.07) is 45.4. The summed E-state index contributed by atoms with van der Waals surface area (Å²) in [6.45, 7) is 27.4. The Morgan fingerprint density at radius 3 is 1.90 bits per heavy atom. The first-order valence-electron chi connectivity index (χ1n) is 20.9. The zero-order chi connectivity index (χ0) is 42.1. The van der Waals surface area contributed by atoms with Crippen LogP contribution in [0.25, 0.3) is 50.1 Å². The summed E-state index contributed by atoms with van der Waals surface area (Å²) in [5, 5.41) is 2.33. The monoisotopic (exact) mass is 778 g/mol. The Balaban J connectivity index is 1.33. The van der Waals surface area contributed by atoms with Crippen LogP contribution in [-0.4, -0.2) is 14.1 Å². The number of aromatic nitrogens is 4. The number of ether oxygens (including phenoxy) is 1. The lowest BCUT2D eigenvalue weighted by Crippen LogP contribution is -2.40. The van der Waals surface area contributed by atoms with Gasteiger partial charge in [0, 0.05) is 23.0 Å². The van der Waals surface area contributed by atoms with Crippen LogP contribution in [0.15, 0.2) is 134 Å². The first-order chi connectivity index (χ1) is 27.8. The Morgan fingerprint density at radius 1 is 0.525 bits per heavy atom. The second-order valence-corrected chi connectivity index (χ2v) is 20.1. The topological polar surface area (TPSA) is 35.9 Å². The van der Waals surface area contributed by atoms with Crippen LogP contribution >= 0.6 is 0 Å². The zero-order valence-corrected chi connectivity index (χ0v) is 36.9. The molecule has 0 saturated heterocycles. The molecule has 0 N–H and O–H groups in total. The van der Waals surface area contributed by atoms with E-state index in [1.165, 1.54) is 27.9 Å². The quantitative estimate of drug-likeness (QED) is 0.124. The van der Waals surface area contributed by atoms with Crippen molar-refractivity contribution in [3.05, 3.63) is 162 Å². The molecular weight excluding hydrogens is 721 g/mol. The summed E-state index contributed by atoms with van der Waals surface area (Å²) in [5.41, 5.74) is 11.0. The normalized spacial score (nSPS) is 12.7. The first kappa shape index (κ1) is 39.9. The van der Waals surface area contributed by atoms with Gasteiger partial charge in [-0.3, -0.25) is 13.7 Å². The number of hydrogen-bond acceptors (Lipinski definition) is 2. The van der Waals surface area contributed by atoms with Gasteiger partial charge in [0.05, 0.1) is 33.8 Å². The van der Waals surface area contributed by atoms with Gasteiger partial charge in [0.15, 0.2) is 0 Å². The number of benzene rings is 5. The van der Waals surface area contributed by atoms with Crippen molar-refractivity contribution in [1.82, 2.24) is 14.1 Å².